The van der Waals surface area contributed by atoms with E-state index in [1.54, 1.807) is 0 Å². The molecule has 4 nitrogen and oxygen atoms in total. The first-order chi connectivity index (χ1) is 7.77. The summed E-state index contributed by atoms with van der Waals surface area (Å²) >= 11 is 0. The van der Waals surface area contributed by atoms with Crippen LogP contribution in [-0.2, 0) is 0 Å². The highest BCUT2D eigenvalue weighted by molar-refractivity contribution is 5.74. The van der Waals surface area contributed by atoms with Crippen molar-refractivity contribution in [2.45, 2.75) is 51.5 Å². The Morgan fingerprint density at radius 2 is 2.00 bits per heavy atom. The lowest BCUT2D eigenvalue weighted by Gasteiger charge is -2.22. The van der Waals surface area contributed by atoms with E-state index in [2.05, 4.69) is 11.4 Å². The number of nitriles is 1. The van der Waals surface area contributed by atoms with Gasteiger partial charge in [0.05, 0.1) is 6.07 Å². The highest BCUT2D eigenvalue weighted by Gasteiger charge is 2.18. The predicted octanol–water partition coefficient (Wildman–Crippen LogP) is 2.26. The third kappa shape index (κ3) is 4.09. The Morgan fingerprint density at radius 1 is 1.38 bits per heavy atom. The number of rotatable bonds is 3. The maximum atomic E-state index is 11.9. The molecule has 1 unspecified atom stereocenters. The lowest BCUT2D eigenvalue weighted by molar-refractivity contribution is 0.197. The van der Waals surface area contributed by atoms with Gasteiger partial charge in [0, 0.05) is 13.1 Å². The third-order valence-electron chi connectivity index (χ3n) is 2.92. The first-order valence-electron chi connectivity index (χ1n) is 6.23. The number of carbonyl (C=O) groups excluding carboxylic acids is 1. The molecule has 1 N–H and O–H groups in total. The minimum Gasteiger partial charge on any atom is -0.325 e. The molecule has 0 radical (unpaired) electrons. The Labute approximate surface area is 97.6 Å². The first kappa shape index (κ1) is 12.8. The van der Waals surface area contributed by atoms with Gasteiger partial charge in [-0.25, -0.2) is 4.79 Å². The number of hydrogen-bond donors (Lipinski definition) is 1. The van der Waals surface area contributed by atoms with Crippen molar-refractivity contribution in [3.63, 3.8) is 0 Å². The van der Waals surface area contributed by atoms with Crippen LogP contribution < -0.4 is 5.32 Å². The lowest BCUT2D eigenvalue weighted by atomic mass is 10.2. The first-order valence-corrected chi connectivity index (χ1v) is 6.23. The van der Waals surface area contributed by atoms with Crippen LogP contribution in [-0.4, -0.2) is 30.1 Å². The van der Waals surface area contributed by atoms with Gasteiger partial charge in [-0.05, 0) is 19.3 Å². The van der Waals surface area contributed by atoms with E-state index in [1.807, 2.05) is 11.8 Å². The van der Waals surface area contributed by atoms with Crippen molar-refractivity contribution in [1.29, 1.82) is 5.26 Å². The Bertz CT molecular complexity index is 251. The summed E-state index contributed by atoms with van der Waals surface area (Å²) in [4.78, 5) is 13.7. The molecule has 0 saturated carbocycles. The second kappa shape index (κ2) is 7.10. The SMILES string of the molecule is CCCC(C#N)NC(=O)N1CCCCCC1. The number of nitrogens with one attached hydrogen (secondary N) is 1. The molecule has 0 spiro atoms. The topological polar surface area (TPSA) is 56.1 Å². The molecule has 1 aliphatic rings. The Balaban J connectivity index is 2.40. The summed E-state index contributed by atoms with van der Waals surface area (Å²) in [6.45, 7) is 3.68. The van der Waals surface area contributed by atoms with Crippen LogP contribution in [0.5, 0.6) is 0 Å². The molecule has 2 amide bonds. The quantitative estimate of drug-likeness (QED) is 0.798. The standard InChI is InChI=1S/C12H21N3O/c1-2-7-11(10-13)14-12(16)15-8-5-3-4-6-9-15/h11H,2-9H2,1H3,(H,14,16). The van der Waals surface area contributed by atoms with Gasteiger partial charge in [-0.3, -0.25) is 0 Å². The van der Waals surface area contributed by atoms with E-state index >= 15 is 0 Å². The Hall–Kier alpha value is -1.24. The lowest BCUT2D eigenvalue weighted by Crippen LogP contribution is -2.44. The van der Waals surface area contributed by atoms with E-state index in [1.165, 1.54) is 12.8 Å². The van der Waals surface area contributed by atoms with E-state index in [-0.39, 0.29) is 12.1 Å². The molecule has 90 valence electrons. The molecule has 0 aromatic rings. The summed E-state index contributed by atoms with van der Waals surface area (Å²) in [5.74, 6) is 0. The van der Waals surface area contributed by atoms with E-state index in [4.69, 9.17) is 5.26 Å². The predicted molar refractivity (Wildman–Crippen MR) is 62.9 cm³/mol. The van der Waals surface area contributed by atoms with E-state index < -0.39 is 0 Å². The second-order valence-electron chi connectivity index (χ2n) is 4.32. The van der Waals surface area contributed by atoms with Crippen molar-refractivity contribution in [3.05, 3.63) is 0 Å². The molecule has 0 bridgehead atoms. The largest absolute Gasteiger partial charge is 0.325 e. The number of nitrogens with zero attached hydrogens (tertiary/aromatic N) is 2. The molecule has 0 aromatic heterocycles. The van der Waals surface area contributed by atoms with Crippen molar-refractivity contribution in [1.82, 2.24) is 10.2 Å². The molecule has 1 rings (SSSR count). The van der Waals surface area contributed by atoms with Gasteiger partial charge in [-0.15, -0.1) is 0 Å². The van der Waals surface area contributed by atoms with Gasteiger partial charge in [-0.1, -0.05) is 26.2 Å². The van der Waals surface area contributed by atoms with Crippen LogP contribution in [0.25, 0.3) is 0 Å². The number of amides is 2. The molecule has 0 aromatic carbocycles. The van der Waals surface area contributed by atoms with Crippen LogP contribution in [0.1, 0.15) is 45.4 Å². The molecule has 1 aliphatic heterocycles. The van der Waals surface area contributed by atoms with Crippen molar-refractivity contribution < 1.29 is 4.79 Å². The normalized spacial score (nSPS) is 18.4. The maximum Gasteiger partial charge on any atom is 0.318 e. The molecule has 1 saturated heterocycles. The van der Waals surface area contributed by atoms with Crippen molar-refractivity contribution in [2.24, 2.45) is 0 Å². The molecule has 16 heavy (non-hydrogen) atoms. The van der Waals surface area contributed by atoms with Gasteiger partial charge in [0.25, 0.3) is 0 Å². The van der Waals surface area contributed by atoms with Crippen LogP contribution >= 0.6 is 0 Å². The molecule has 0 aliphatic carbocycles. The summed E-state index contributed by atoms with van der Waals surface area (Å²) in [6.07, 6.45) is 6.23. The molecular weight excluding hydrogens is 202 g/mol. The van der Waals surface area contributed by atoms with Crippen molar-refractivity contribution in [2.75, 3.05) is 13.1 Å². The molecule has 1 fully saturated rings. The summed E-state index contributed by atoms with van der Waals surface area (Å²) < 4.78 is 0. The van der Waals surface area contributed by atoms with Crippen LogP contribution in [0.2, 0.25) is 0 Å². The van der Waals surface area contributed by atoms with E-state index in [9.17, 15) is 4.79 Å². The fraction of sp³-hybridized carbons (Fsp3) is 0.833. The fourth-order valence-corrected chi connectivity index (χ4v) is 1.97. The minimum atomic E-state index is -0.333. The van der Waals surface area contributed by atoms with Gasteiger partial charge in [0.1, 0.15) is 6.04 Å². The second-order valence-corrected chi connectivity index (χ2v) is 4.32. The number of hydrogen-bond acceptors (Lipinski definition) is 2. The van der Waals surface area contributed by atoms with Crippen LogP contribution in [0.4, 0.5) is 4.79 Å². The summed E-state index contributed by atoms with van der Waals surface area (Å²) in [7, 11) is 0. The molecule has 4 heteroatoms. The van der Waals surface area contributed by atoms with Gasteiger partial charge in [0.15, 0.2) is 0 Å². The van der Waals surface area contributed by atoms with Gasteiger partial charge in [0.2, 0.25) is 0 Å². The number of carbonyl (C=O) groups is 1. The maximum absolute atomic E-state index is 11.9. The highest BCUT2D eigenvalue weighted by atomic mass is 16.2. The number of urea groups is 1. The highest BCUT2D eigenvalue weighted by Crippen LogP contribution is 2.10. The smallest absolute Gasteiger partial charge is 0.318 e. The number of likely N-dealkylation sites (tertiary alicyclic amines) is 1. The zero-order chi connectivity index (χ0) is 11.8. The minimum absolute atomic E-state index is 0.0677. The Kier molecular flexibility index (Phi) is 5.69. The molecule has 1 heterocycles. The van der Waals surface area contributed by atoms with Crippen LogP contribution in [0, 0.1) is 11.3 Å². The summed E-state index contributed by atoms with van der Waals surface area (Å²) in [6, 6.07) is 1.73. The van der Waals surface area contributed by atoms with Crippen molar-refractivity contribution >= 4 is 6.03 Å². The Morgan fingerprint density at radius 3 is 2.50 bits per heavy atom. The monoisotopic (exact) mass is 223 g/mol. The molecule has 1 atom stereocenters. The van der Waals surface area contributed by atoms with Crippen molar-refractivity contribution in [3.8, 4) is 6.07 Å². The van der Waals surface area contributed by atoms with E-state index in [0.29, 0.717) is 0 Å². The summed E-state index contributed by atoms with van der Waals surface area (Å²) in [5, 5.41) is 11.7. The van der Waals surface area contributed by atoms with Crippen LogP contribution in [0.15, 0.2) is 0 Å². The molecular formula is C12H21N3O. The zero-order valence-corrected chi connectivity index (χ0v) is 10.0. The fourth-order valence-electron chi connectivity index (χ4n) is 1.97. The van der Waals surface area contributed by atoms with Crippen LogP contribution in [0.3, 0.4) is 0 Å². The average Bonchev–Trinajstić information content (AvgIpc) is 2.56. The summed E-state index contributed by atoms with van der Waals surface area (Å²) in [5.41, 5.74) is 0. The van der Waals surface area contributed by atoms with Gasteiger partial charge in [-0.2, -0.15) is 5.26 Å². The van der Waals surface area contributed by atoms with Gasteiger partial charge < -0.3 is 10.2 Å². The third-order valence-corrected chi connectivity index (χ3v) is 2.92. The zero-order valence-electron chi connectivity index (χ0n) is 10.0. The van der Waals surface area contributed by atoms with Gasteiger partial charge >= 0.3 is 6.03 Å². The average molecular weight is 223 g/mol. The van der Waals surface area contributed by atoms with E-state index in [0.717, 1.165) is 38.8 Å².